The van der Waals surface area contributed by atoms with Gasteiger partial charge in [-0.3, -0.25) is 9.59 Å². The van der Waals surface area contributed by atoms with Crippen molar-refractivity contribution in [1.82, 2.24) is 19.9 Å². The SMILES string of the molecule is C=CC=CC(=O)Nc1cnc2[nH]cc(-c3cccc(N4C[C@@H](C)N(C(C)=O)[C@@H](C)C4)n3)c2c1. The zero-order chi connectivity index (χ0) is 23.5. The number of aromatic amines is 1. The molecule has 0 saturated carbocycles. The summed E-state index contributed by atoms with van der Waals surface area (Å²) in [5, 5.41) is 3.68. The summed E-state index contributed by atoms with van der Waals surface area (Å²) < 4.78 is 0. The van der Waals surface area contributed by atoms with Crippen molar-refractivity contribution in [1.29, 1.82) is 0 Å². The van der Waals surface area contributed by atoms with Gasteiger partial charge in [-0.25, -0.2) is 9.97 Å². The standard InChI is InChI=1S/C25H28N6O2/c1-5-6-10-24(33)28-19-11-20-21(13-27-25(20)26-12-19)22-8-7-9-23(29-22)30-14-16(2)31(18(4)32)17(3)15-30/h5-13,16-17H,1,14-15H2,2-4H3,(H,26,27)(H,28,33)/t16-,17+. The number of aromatic nitrogens is 3. The molecule has 0 spiro atoms. The van der Waals surface area contributed by atoms with Crippen molar-refractivity contribution >= 4 is 34.4 Å². The van der Waals surface area contributed by atoms with Crippen LogP contribution in [0.25, 0.3) is 22.3 Å². The largest absolute Gasteiger partial charge is 0.352 e. The van der Waals surface area contributed by atoms with Crippen molar-refractivity contribution in [2.45, 2.75) is 32.9 Å². The second-order valence-electron chi connectivity index (χ2n) is 8.32. The van der Waals surface area contributed by atoms with E-state index in [2.05, 4.69) is 40.6 Å². The van der Waals surface area contributed by atoms with Crippen LogP contribution in [0.15, 0.2) is 61.5 Å². The van der Waals surface area contributed by atoms with Crippen LogP contribution in [0.5, 0.6) is 0 Å². The average molecular weight is 445 g/mol. The minimum atomic E-state index is -0.249. The normalized spacial score (nSPS) is 18.6. The van der Waals surface area contributed by atoms with Crippen LogP contribution in [0.4, 0.5) is 11.5 Å². The molecule has 2 N–H and O–H groups in total. The lowest BCUT2D eigenvalue weighted by molar-refractivity contribution is -0.133. The molecule has 0 aromatic carbocycles. The third-order valence-electron chi connectivity index (χ3n) is 5.80. The predicted octanol–water partition coefficient (Wildman–Crippen LogP) is 3.75. The highest BCUT2D eigenvalue weighted by Gasteiger charge is 2.31. The zero-order valence-electron chi connectivity index (χ0n) is 19.1. The highest BCUT2D eigenvalue weighted by Crippen LogP contribution is 2.30. The van der Waals surface area contributed by atoms with Crippen LogP contribution in [-0.2, 0) is 9.59 Å². The zero-order valence-corrected chi connectivity index (χ0v) is 19.1. The minimum absolute atomic E-state index is 0.102. The molecule has 0 bridgehead atoms. The van der Waals surface area contributed by atoms with Gasteiger partial charge in [0.05, 0.1) is 17.6 Å². The molecule has 1 saturated heterocycles. The van der Waals surface area contributed by atoms with Crippen LogP contribution in [0.2, 0.25) is 0 Å². The lowest BCUT2D eigenvalue weighted by Gasteiger charge is -2.44. The van der Waals surface area contributed by atoms with Crippen LogP contribution in [-0.4, -0.2) is 56.8 Å². The quantitative estimate of drug-likeness (QED) is 0.462. The second-order valence-corrected chi connectivity index (χ2v) is 8.32. The molecule has 4 heterocycles. The van der Waals surface area contributed by atoms with Gasteiger partial charge in [-0.05, 0) is 32.0 Å². The van der Waals surface area contributed by atoms with Crippen molar-refractivity contribution < 1.29 is 9.59 Å². The number of allylic oxidation sites excluding steroid dienone is 2. The van der Waals surface area contributed by atoms with Gasteiger partial charge in [0.25, 0.3) is 0 Å². The predicted molar refractivity (Wildman–Crippen MR) is 131 cm³/mol. The highest BCUT2D eigenvalue weighted by atomic mass is 16.2. The topological polar surface area (TPSA) is 94.2 Å². The van der Waals surface area contributed by atoms with Gasteiger partial charge in [-0.15, -0.1) is 0 Å². The van der Waals surface area contributed by atoms with Gasteiger partial charge in [0, 0.05) is 55.3 Å². The number of H-pyrrole nitrogens is 1. The van der Waals surface area contributed by atoms with Gasteiger partial charge >= 0.3 is 0 Å². The van der Waals surface area contributed by atoms with Gasteiger partial charge in [0.1, 0.15) is 11.5 Å². The number of pyridine rings is 2. The van der Waals surface area contributed by atoms with Gasteiger partial charge in [-0.2, -0.15) is 0 Å². The van der Waals surface area contributed by atoms with E-state index in [1.165, 1.54) is 6.08 Å². The lowest BCUT2D eigenvalue weighted by atomic mass is 10.1. The molecule has 1 aliphatic heterocycles. The van der Waals surface area contributed by atoms with E-state index in [0.29, 0.717) is 11.3 Å². The van der Waals surface area contributed by atoms with Crippen LogP contribution < -0.4 is 10.2 Å². The Morgan fingerprint density at radius 2 is 2.00 bits per heavy atom. The molecule has 4 rings (SSSR count). The fourth-order valence-corrected chi connectivity index (χ4v) is 4.50. The highest BCUT2D eigenvalue weighted by molar-refractivity contribution is 6.01. The third-order valence-corrected chi connectivity index (χ3v) is 5.80. The maximum absolute atomic E-state index is 12.0. The number of carbonyl (C=O) groups excluding carboxylic acids is 2. The van der Waals surface area contributed by atoms with Gasteiger partial charge < -0.3 is 20.1 Å². The molecule has 0 aliphatic carbocycles. The Morgan fingerprint density at radius 3 is 2.70 bits per heavy atom. The number of nitrogens with one attached hydrogen (secondary N) is 2. The first-order valence-corrected chi connectivity index (χ1v) is 11.0. The molecule has 1 aliphatic rings. The first-order valence-electron chi connectivity index (χ1n) is 11.0. The Bertz CT molecular complexity index is 1220. The van der Waals surface area contributed by atoms with E-state index in [9.17, 15) is 9.59 Å². The molecule has 3 aromatic heterocycles. The number of hydrogen-bond donors (Lipinski definition) is 2. The Kier molecular flexibility index (Phi) is 6.26. The molecule has 3 aromatic rings. The van der Waals surface area contributed by atoms with E-state index in [-0.39, 0.29) is 23.9 Å². The van der Waals surface area contributed by atoms with Gasteiger partial charge in [0.2, 0.25) is 11.8 Å². The van der Waals surface area contributed by atoms with Crippen molar-refractivity contribution in [3.8, 4) is 11.3 Å². The van der Waals surface area contributed by atoms with Crippen molar-refractivity contribution in [3.63, 3.8) is 0 Å². The Labute approximate surface area is 193 Å². The lowest BCUT2D eigenvalue weighted by Crippen LogP contribution is -2.58. The van der Waals surface area contributed by atoms with E-state index in [1.54, 1.807) is 25.3 Å². The molecule has 2 amide bonds. The third kappa shape index (κ3) is 4.64. The summed E-state index contributed by atoms with van der Waals surface area (Å²) in [6, 6.07) is 8.05. The van der Waals surface area contributed by atoms with Crippen LogP contribution in [0.3, 0.4) is 0 Å². The summed E-state index contributed by atoms with van der Waals surface area (Å²) >= 11 is 0. The first kappa shape index (κ1) is 22.3. The number of hydrogen-bond acceptors (Lipinski definition) is 5. The summed E-state index contributed by atoms with van der Waals surface area (Å²) in [6.07, 6.45) is 8.03. The summed E-state index contributed by atoms with van der Waals surface area (Å²) in [5.41, 5.74) is 3.03. The smallest absolute Gasteiger partial charge is 0.248 e. The molecule has 0 radical (unpaired) electrons. The number of anilines is 2. The van der Waals surface area contributed by atoms with Crippen molar-refractivity contribution in [2.24, 2.45) is 0 Å². The summed E-state index contributed by atoms with van der Waals surface area (Å²) in [5.74, 6) is 0.725. The molecule has 33 heavy (non-hydrogen) atoms. The summed E-state index contributed by atoms with van der Waals surface area (Å²) in [6.45, 7) is 10.8. The van der Waals surface area contributed by atoms with E-state index in [1.807, 2.05) is 35.4 Å². The molecular formula is C25H28N6O2. The average Bonchev–Trinajstić information content (AvgIpc) is 3.20. The second kappa shape index (κ2) is 9.28. The maximum atomic E-state index is 12.0. The monoisotopic (exact) mass is 444 g/mol. The van der Waals surface area contributed by atoms with E-state index in [0.717, 1.165) is 35.6 Å². The summed E-state index contributed by atoms with van der Waals surface area (Å²) in [4.78, 5) is 40.7. The Hall–Kier alpha value is -3.94. The van der Waals surface area contributed by atoms with Crippen LogP contribution in [0.1, 0.15) is 20.8 Å². The number of carbonyl (C=O) groups is 2. The van der Waals surface area contributed by atoms with E-state index >= 15 is 0 Å². The molecule has 2 atom stereocenters. The van der Waals surface area contributed by atoms with Crippen LogP contribution >= 0.6 is 0 Å². The molecule has 8 heteroatoms. The summed E-state index contributed by atoms with van der Waals surface area (Å²) in [7, 11) is 0. The Morgan fingerprint density at radius 1 is 1.24 bits per heavy atom. The number of nitrogens with zero attached hydrogens (tertiary/aromatic N) is 4. The van der Waals surface area contributed by atoms with Crippen LogP contribution in [0, 0.1) is 0 Å². The fraction of sp³-hybridized carbons (Fsp3) is 0.280. The Balaban J connectivity index is 1.62. The first-order chi connectivity index (χ1) is 15.9. The van der Waals surface area contributed by atoms with Gasteiger partial charge in [0.15, 0.2) is 0 Å². The fourth-order valence-electron chi connectivity index (χ4n) is 4.50. The van der Waals surface area contributed by atoms with Crippen molar-refractivity contribution in [2.75, 3.05) is 23.3 Å². The number of fused-ring (bicyclic) bond motifs is 1. The number of amides is 2. The molecule has 8 nitrogen and oxygen atoms in total. The maximum Gasteiger partial charge on any atom is 0.248 e. The van der Waals surface area contributed by atoms with Crippen molar-refractivity contribution in [3.05, 3.63) is 61.5 Å². The molecule has 0 unspecified atom stereocenters. The van der Waals surface area contributed by atoms with E-state index < -0.39 is 0 Å². The molecular weight excluding hydrogens is 416 g/mol. The minimum Gasteiger partial charge on any atom is -0.352 e. The van der Waals surface area contributed by atoms with Gasteiger partial charge in [-0.1, -0.05) is 24.8 Å². The number of rotatable bonds is 5. The molecule has 1 fully saturated rings. The number of piperazine rings is 1. The van der Waals surface area contributed by atoms with E-state index in [4.69, 9.17) is 4.98 Å². The molecule has 170 valence electrons.